The maximum absolute atomic E-state index is 13.5. The van der Waals surface area contributed by atoms with Gasteiger partial charge in [-0.1, -0.05) is 29.4 Å². The van der Waals surface area contributed by atoms with E-state index in [0.29, 0.717) is 5.52 Å². The first-order valence-electron chi connectivity index (χ1n) is 6.97. The molecule has 0 N–H and O–H groups in total. The van der Waals surface area contributed by atoms with Crippen LogP contribution in [0.15, 0.2) is 53.7 Å². The second-order valence-electron chi connectivity index (χ2n) is 4.89. The first-order chi connectivity index (χ1) is 11.6. The molecule has 1 heterocycles. The van der Waals surface area contributed by atoms with E-state index < -0.39 is 11.8 Å². The molecule has 0 radical (unpaired) electrons. The van der Waals surface area contributed by atoms with Gasteiger partial charge in [-0.25, -0.2) is 14.2 Å². The van der Waals surface area contributed by atoms with Gasteiger partial charge in [-0.2, -0.15) is 5.26 Å². The lowest BCUT2D eigenvalue weighted by Gasteiger charge is -2.01. The average Bonchev–Trinajstić information content (AvgIpc) is 2.93. The molecule has 118 valence electrons. The minimum atomic E-state index is -0.986. The van der Waals surface area contributed by atoms with E-state index in [2.05, 4.69) is 10.1 Å². The van der Waals surface area contributed by atoms with Crippen LogP contribution in [0, 0.1) is 17.1 Å². The van der Waals surface area contributed by atoms with Crippen molar-refractivity contribution in [2.24, 2.45) is 12.2 Å². The third kappa shape index (κ3) is 2.73. The number of fused-ring (bicyclic) bond motifs is 1. The molecule has 3 rings (SSSR count). The number of nitriles is 1. The maximum atomic E-state index is 13.5. The highest BCUT2D eigenvalue weighted by atomic mass is 19.1. The van der Waals surface area contributed by atoms with Crippen LogP contribution < -0.4 is 0 Å². The van der Waals surface area contributed by atoms with Crippen molar-refractivity contribution in [1.82, 2.24) is 9.55 Å². The van der Waals surface area contributed by atoms with Crippen molar-refractivity contribution >= 4 is 22.7 Å². The summed E-state index contributed by atoms with van der Waals surface area (Å²) in [5.41, 5.74) is 1.04. The predicted octanol–water partition coefficient (Wildman–Crippen LogP) is 2.80. The number of aryl methyl sites for hydroxylation is 1. The summed E-state index contributed by atoms with van der Waals surface area (Å²) in [5.74, 6) is -1.46. The van der Waals surface area contributed by atoms with Gasteiger partial charge in [0.1, 0.15) is 11.9 Å². The molecule has 0 amide bonds. The Bertz CT molecular complexity index is 1000. The molecule has 6 nitrogen and oxygen atoms in total. The number of carbonyl (C=O) groups is 1. The third-order valence-corrected chi connectivity index (χ3v) is 3.42. The van der Waals surface area contributed by atoms with Crippen LogP contribution in [0.4, 0.5) is 4.39 Å². The zero-order valence-electron chi connectivity index (χ0n) is 12.6. The number of carbonyl (C=O) groups excluding carboxylic acids is 1. The normalized spacial score (nSPS) is 11.3. The Labute approximate surface area is 136 Å². The van der Waals surface area contributed by atoms with Crippen LogP contribution in [0.1, 0.15) is 16.2 Å². The van der Waals surface area contributed by atoms with Crippen LogP contribution >= 0.6 is 0 Å². The number of halogens is 1. The van der Waals surface area contributed by atoms with E-state index in [0.717, 1.165) is 11.6 Å². The van der Waals surface area contributed by atoms with Crippen LogP contribution in [0.2, 0.25) is 0 Å². The number of rotatable bonds is 3. The summed E-state index contributed by atoms with van der Waals surface area (Å²) in [6, 6.07) is 14.5. The van der Waals surface area contributed by atoms with Crippen LogP contribution in [0.5, 0.6) is 0 Å². The van der Waals surface area contributed by atoms with Crippen molar-refractivity contribution in [2.75, 3.05) is 0 Å². The lowest BCUT2D eigenvalue weighted by Crippen LogP contribution is -2.10. The molecule has 7 heteroatoms. The Morgan fingerprint density at radius 2 is 1.96 bits per heavy atom. The smallest absolute Gasteiger partial charge is 0.325 e. The molecule has 1 aromatic heterocycles. The van der Waals surface area contributed by atoms with Gasteiger partial charge in [0.25, 0.3) is 0 Å². The summed E-state index contributed by atoms with van der Waals surface area (Å²) in [6.45, 7) is 0. The molecule has 0 fully saturated rings. The second-order valence-corrected chi connectivity index (χ2v) is 4.89. The first kappa shape index (κ1) is 15.4. The van der Waals surface area contributed by atoms with E-state index >= 15 is 0 Å². The Hall–Kier alpha value is -3.53. The van der Waals surface area contributed by atoms with Gasteiger partial charge in [-0.05, 0) is 24.3 Å². The van der Waals surface area contributed by atoms with Crippen molar-refractivity contribution in [2.45, 2.75) is 0 Å². The number of hydrogen-bond acceptors (Lipinski definition) is 5. The van der Waals surface area contributed by atoms with Crippen molar-refractivity contribution in [1.29, 1.82) is 5.26 Å². The zero-order chi connectivity index (χ0) is 17.1. The lowest BCUT2D eigenvalue weighted by molar-refractivity contribution is 0.0512. The number of benzene rings is 2. The fourth-order valence-electron chi connectivity index (χ4n) is 2.23. The molecule has 0 aliphatic heterocycles. The molecule has 0 saturated heterocycles. The minimum Gasteiger partial charge on any atom is -0.325 e. The van der Waals surface area contributed by atoms with Gasteiger partial charge in [-0.15, -0.1) is 0 Å². The van der Waals surface area contributed by atoms with E-state index in [1.807, 2.05) is 24.3 Å². The molecule has 2 aromatic carbocycles. The molecule has 0 spiro atoms. The highest BCUT2D eigenvalue weighted by molar-refractivity contribution is 6.10. The third-order valence-electron chi connectivity index (χ3n) is 3.42. The van der Waals surface area contributed by atoms with Gasteiger partial charge >= 0.3 is 5.97 Å². The molecule has 24 heavy (non-hydrogen) atoms. The van der Waals surface area contributed by atoms with Crippen LogP contribution in [0.3, 0.4) is 0 Å². The van der Waals surface area contributed by atoms with Gasteiger partial charge in [0, 0.05) is 7.05 Å². The van der Waals surface area contributed by atoms with Crippen LogP contribution in [-0.4, -0.2) is 21.2 Å². The second kappa shape index (κ2) is 6.30. The van der Waals surface area contributed by atoms with Crippen molar-refractivity contribution < 1.29 is 14.0 Å². The quantitative estimate of drug-likeness (QED) is 0.422. The largest absolute Gasteiger partial charge is 0.368 e. The molecular weight excluding hydrogens is 311 g/mol. The number of para-hydroxylation sites is 2. The standard InChI is InChI=1S/C17H11FN4O2/c1-22-15-9-5-4-8-13(15)20-16(22)14(10-19)21-24-17(23)11-6-2-3-7-12(11)18/h2-9H,1H3/b21-14+. The Balaban J connectivity index is 1.92. The van der Waals surface area contributed by atoms with E-state index in [-0.39, 0.29) is 17.1 Å². The first-order valence-corrected chi connectivity index (χ1v) is 6.97. The van der Waals surface area contributed by atoms with Gasteiger partial charge in [0.2, 0.25) is 5.71 Å². The van der Waals surface area contributed by atoms with Gasteiger partial charge < -0.3 is 9.40 Å². The molecule has 0 saturated carbocycles. The van der Waals surface area contributed by atoms with Gasteiger partial charge in [-0.3, -0.25) is 0 Å². The lowest BCUT2D eigenvalue weighted by atomic mass is 10.2. The summed E-state index contributed by atoms with van der Waals surface area (Å²) in [5, 5.41) is 12.8. The average molecular weight is 322 g/mol. The SMILES string of the molecule is Cn1c(/C(C#N)=N/OC(=O)c2ccccc2F)nc2ccccc21. The molecule has 0 aliphatic rings. The van der Waals surface area contributed by atoms with Gasteiger partial charge in [0.05, 0.1) is 16.6 Å². The number of hydrogen-bond donors (Lipinski definition) is 0. The summed E-state index contributed by atoms with van der Waals surface area (Å²) in [4.78, 5) is 20.9. The Kier molecular flexibility index (Phi) is 4.03. The Morgan fingerprint density at radius 1 is 1.25 bits per heavy atom. The van der Waals surface area contributed by atoms with Crippen molar-refractivity contribution in [3.05, 3.63) is 65.7 Å². The molecule has 0 atom stereocenters. The van der Waals surface area contributed by atoms with E-state index in [1.165, 1.54) is 18.2 Å². The highest BCUT2D eigenvalue weighted by Gasteiger charge is 2.17. The summed E-state index contributed by atoms with van der Waals surface area (Å²) in [7, 11) is 1.72. The molecular formula is C17H11FN4O2. The van der Waals surface area contributed by atoms with Gasteiger partial charge in [0.15, 0.2) is 5.82 Å². The van der Waals surface area contributed by atoms with E-state index in [1.54, 1.807) is 17.7 Å². The molecule has 3 aromatic rings. The van der Waals surface area contributed by atoms with Crippen LogP contribution in [0.25, 0.3) is 11.0 Å². The summed E-state index contributed by atoms with van der Waals surface area (Å²) >= 11 is 0. The fourth-order valence-corrected chi connectivity index (χ4v) is 2.23. The van der Waals surface area contributed by atoms with Crippen molar-refractivity contribution in [3.63, 3.8) is 0 Å². The van der Waals surface area contributed by atoms with E-state index in [9.17, 15) is 14.4 Å². The maximum Gasteiger partial charge on any atom is 0.368 e. The fraction of sp³-hybridized carbons (Fsp3) is 0.0588. The minimum absolute atomic E-state index is 0.182. The predicted molar refractivity (Wildman–Crippen MR) is 84.7 cm³/mol. The topological polar surface area (TPSA) is 80.3 Å². The molecule has 0 aliphatic carbocycles. The number of aromatic nitrogens is 2. The Morgan fingerprint density at radius 3 is 2.67 bits per heavy atom. The summed E-state index contributed by atoms with van der Waals surface area (Å²) in [6.07, 6.45) is 0. The van der Waals surface area contributed by atoms with Crippen LogP contribution in [-0.2, 0) is 11.9 Å². The molecule has 0 bridgehead atoms. The molecule has 0 unspecified atom stereocenters. The zero-order valence-corrected chi connectivity index (χ0v) is 12.6. The highest BCUT2D eigenvalue weighted by Crippen LogP contribution is 2.15. The monoisotopic (exact) mass is 322 g/mol. The number of imidazole rings is 1. The van der Waals surface area contributed by atoms with Crippen molar-refractivity contribution in [3.8, 4) is 6.07 Å². The summed E-state index contributed by atoms with van der Waals surface area (Å²) < 4.78 is 15.2. The number of nitrogens with zero attached hydrogens (tertiary/aromatic N) is 4. The van der Waals surface area contributed by atoms with E-state index in [4.69, 9.17) is 4.84 Å². The number of oxime groups is 1.